The quantitative estimate of drug-likeness (QED) is 0.621. The summed E-state index contributed by atoms with van der Waals surface area (Å²) < 4.78 is 9.79. The van der Waals surface area contributed by atoms with Crippen molar-refractivity contribution in [3.8, 4) is 0 Å². The minimum absolute atomic E-state index is 0.00239. The molecule has 0 aromatic heterocycles. The second-order valence-corrected chi connectivity index (χ2v) is 5.71. The van der Waals surface area contributed by atoms with Crippen molar-refractivity contribution in [1.29, 1.82) is 0 Å². The van der Waals surface area contributed by atoms with Crippen molar-refractivity contribution >= 4 is 29.3 Å². The summed E-state index contributed by atoms with van der Waals surface area (Å²) in [5, 5.41) is 2.58. The molecule has 0 aliphatic carbocycles. The van der Waals surface area contributed by atoms with Crippen LogP contribution in [0.15, 0.2) is 48.5 Å². The van der Waals surface area contributed by atoms with Crippen LogP contribution in [0.5, 0.6) is 0 Å². The summed E-state index contributed by atoms with van der Waals surface area (Å²) in [7, 11) is 1.20. The van der Waals surface area contributed by atoms with Crippen molar-refractivity contribution in [3.05, 3.63) is 65.2 Å². The topological polar surface area (TPSA) is 98.8 Å². The van der Waals surface area contributed by atoms with Crippen LogP contribution in [0.25, 0.3) is 0 Å². The molecular formula is C20H19NO6. The third-order valence-electron chi connectivity index (χ3n) is 3.74. The Bertz CT molecular complexity index is 890. The fourth-order valence-electron chi connectivity index (χ4n) is 2.29. The molecule has 0 aliphatic rings. The van der Waals surface area contributed by atoms with Crippen LogP contribution in [0.1, 0.15) is 44.9 Å². The number of rotatable bonds is 6. The van der Waals surface area contributed by atoms with E-state index in [4.69, 9.17) is 4.74 Å². The van der Waals surface area contributed by atoms with E-state index in [0.717, 1.165) is 0 Å². The maximum absolute atomic E-state index is 12.3. The van der Waals surface area contributed by atoms with Crippen LogP contribution in [0.2, 0.25) is 0 Å². The second-order valence-electron chi connectivity index (χ2n) is 5.71. The lowest BCUT2D eigenvalue weighted by Gasteiger charge is -2.15. The highest BCUT2D eigenvalue weighted by Crippen LogP contribution is 2.15. The molecule has 2 rings (SSSR count). The third kappa shape index (κ3) is 5.01. The van der Waals surface area contributed by atoms with Gasteiger partial charge >= 0.3 is 11.9 Å². The molecule has 0 heterocycles. The molecule has 7 heteroatoms. The van der Waals surface area contributed by atoms with E-state index in [-0.39, 0.29) is 16.9 Å². The molecular weight excluding hydrogens is 350 g/mol. The van der Waals surface area contributed by atoms with Gasteiger partial charge in [0.1, 0.15) is 0 Å². The minimum atomic E-state index is -1.12. The molecule has 0 spiro atoms. The molecule has 2 aromatic rings. The van der Waals surface area contributed by atoms with E-state index in [9.17, 15) is 19.2 Å². The Morgan fingerprint density at radius 2 is 1.56 bits per heavy atom. The van der Waals surface area contributed by atoms with Crippen molar-refractivity contribution in [3.63, 3.8) is 0 Å². The number of esters is 2. The predicted molar refractivity (Wildman–Crippen MR) is 97.7 cm³/mol. The van der Waals surface area contributed by atoms with Gasteiger partial charge in [-0.2, -0.15) is 0 Å². The van der Waals surface area contributed by atoms with Gasteiger partial charge in [-0.1, -0.05) is 24.3 Å². The number of methoxy groups -OCH3 is 1. The number of ketones is 1. The van der Waals surface area contributed by atoms with Crippen LogP contribution in [0.3, 0.4) is 0 Å². The molecule has 2 aromatic carbocycles. The number of carbonyl (C=O) groups is 4. The average Bonchev–Trinajstić information content (AvgIpc) is 2.67. The number of hydrogen-bond acceptors (Lipinski definition) is 6. The summed E-state index contributed by atoms with van der Waals surface area (Å²) in [4.78, 5) is 47.8. The van der Waals surface area contributed by atoms with E-state index >= 15 is 0 Å². The molecule has 27 heavy (non-hydrogen) atoms. The number of amides is 1. The van der Waals surface area contributed by atoms with Crippen molar-refractivity contribution in [1.82, 2.24) is 0 Å². The molecule has 1 N–H and O–H groups in total. The van der Waals surface area contributed by atoms with Crippen LogP contribution < -0.4 is 5.32 Å². The number of anilines is 1. The summed E-state index contributed by atoms with van der Waals surface area (Å²) >= 11 is 0. The van der Waals surface area contributed by atoms with Crippen LogP contribution in [-0.4, -0.2) is 36.8 Å². The van der Waals surface area contributed by atoms with Gasteiger partial charge in [0.05, 0.1) is 18.2 Å². The Morgan fingerprint density at radius 1 is 0.926 bits per heavy atom. The van der Waals surface area contributed by atoms with Gasteiger partial charge in [-0.05, 0) is 38.1 Å². The van der Waals surface area contributed by atoms with Crippen molar-refractivity contribution in [2.45, 2.75) is 20.0 Å². The van der Waals surface area contributed by atoms with Crippen LogP contribution in [0.4, 0.5) is 5.69 Å². The van der Waals surface area contributed by atoms with Gasteiger partial charge in [-0.25, -0.2) is 9.59 Å². The van der Waals surface area contributed by atoms with Crippen LogP contribution in [0, 0.1) is 0 Å². The first kappa shape index (κ1) is 19.8. The molecule has 0 saturated heterocycles. The SMILES string of the molecule is COC(=O)c1ccccc1C(=O)OC(C)C(=O)Nc1cccc(C(C)=O)c1. The lowest BCUT2D eigenvalue weighted by molar-refractivity contribution is -0.123. The number of Topliss-reactive ketones (excluding diaryl/α,β-unsaturated/α-hetero) is 1. The monoisotopic (exact) mass is 369 g/mol. The number of hydrogen-bond donors (Lipinski definition) is 1. The van der Waals surface area contributed by atoms with E-state index in [1.165, 1.54) is 39.2 Å². The Morgan fingerprint density at radius 3 is 2.15 bits per heavy atom. The van der Waals surface area contributed by atoms with Crippen LogP contribution in [-0.2, 0) is 14.3 Å². The molecule has 0 fully saturated rings. The Kier molecular flexibility index (Phi) is 6.43. The largest absolute Gasteiger partial charge is 0.465 e. The fraction of sp³-hybridized carbons (Fsp3) is 0.200. The Labute approximate surface area is 156 Å². The van der Waals surface area contributed by atoms with Gasteiger partial charge in [-0.15, -0.1) is 0 Å². The fourth-order valence-corrected chi connectivity index (χ4v) is 2.29. The maximum atomic E-state index is 12.3. The van der Waals surface area contributed by atoms with Crippen LogP contribution >= 0.6 is 0 Å². The molecule has 0 saturated carbocycles. The summed E-state index contributed by atoms with van der Waals surface area (Å²) in [6, 6.07) is 12.4. The normalized spacial score (nSPS) is 11.2. The average molecular weight is 369 g/mol. The third-order valence-corrected chi connectivity index (χ3v) is 3.74. The van der Waals surface area contributed by atoms with Gasteiger partial charge in [0.25, 0.3) is 5.91 Å². The van der Waals surface area contributed by atoms with Gasteiger partial charge in [0.15, 0.2) is 11.9 Å². The number of ether oxygens (including phenoxy) is 2. The molecule has 0 aliphatic heterocycles. The van der Waals surface area contributed by atoms with Gasteiger partial charge in [0, 0.05) is 11.3 Å². The first-order chi connectivity index (χ1) is 12.8. The van der Waals surface area contributed by atoms with E-state index in [1.807, 2.05) is 0 Å². The molecule has 0 radical (unpaired) electrons. The molecule has 7 nitrogen and oxygen atoms in total. The number of nitrogens with one attached hydrogen (secondary N) is 1. The van der Waals surface area contributed by atoms with Crippen molar-refractivity contribution in [2.24, 2.45) is 0 Å². The summed E-state index contributed by atoms with van der Waals surface area (Å²) in [6.07, 6.45) is -1.12. The van der Waals surface area contributed by atoms with Gasteiger partial charge in [-0.3, -0.25) is 9.59 Å². The maximum Gasteiger partial charge on any atom is 0.339 e. The second kappa shape index (κ2) is 8.75. The smallest absolute Gasteiger partial charge is 0.339 e. The highest BCUT2D eigenvalue weighted by Gasteiger charge is 2.23. The lowest BCUT2D eigenvalue weighted by atomic mass is 10.1. The summed E-state index contributed by atoms with van der Waals surface area (Å²) in [5.74, 6) is -2.21. The van der Waals surface area contributed by atoms with E-state index < -0.39 is 23.9 Å². The van der Waals surface area contributed by atoms with E-state index in [2.05, 4.69) is 10.1 Å². The zero-order valence-corrected chi connectivity index (χ0v) is 15.1. The Balaban J connectivity index is 2.08. The van der Waals surface area contributed by atoms with Gasteiger partial charge < -0.3 is 14.8 Å². The molecule has 1 amide bonds. The molecule has 0 bridgehead atoms. The van der Waals surface area contributed by atoms with Crippen molar-refractivity contribution < 1.29 is 28.7 Å². The minimum Gasteiger partial charge on any atom is -0.465 e. The highest BCUT2D eigenvalue weighted by molar-refractivity contribution is 6.04. The highest BCUT2D eigenvalue weighted by atomic mass is 16.5. The summed E-state index contributed by atoms with van der Waals surface area (Å²) in [6.45, 7) is 2.83. The molecule has 1 atom stereocenters. The summed E-state index contributed by atoms with van der Waals surface area (Å²) in [5.41, 5.74) is 0.907. The molecule has 1 unspecified atom stereocenters. The predicted octanol–water partition coefficient (Wildman–Crippen LogP) is 2.86. The first-order valence-corrected chi connectivity index (χ1v) is 8.13. The van der Waals surface area contributed by atoms with E-state index in [0.29, 0.717) is 11.3 Å². The lowest BCUT2D eigenvalue weighted by Crippen LogP contribution is -2.30. The number of carbonyl (C=O) groups excluding carboxylic acids is 4. The standard InChI is InChI=1S/C20H19NO6/c1-12(22)14-7-6-8-15(11-14)21-18(23)13(2)27-20(25)17-10-5-4-9-16(17)19(24)26-3/h4-11,13H,1-3H3,(H,21,23). The first-order valence-electron chi connectivity index (χ1n) is 8.13. The van der Waals surface area contributed by atoms with Gasteiger partial charge in [0.2, 0.25) is 0 Å². The number of benzene rings is 2. The zero-order valence-electron chi connectivity index (χ0n) is 15.1. The van der Waals surface area contributed by atoms with Crippen molar-refractivity contribution in [2.75, 3.05) is 12.4 Å². The zero-order chi connectivity index (χ0) is 20.0. The van der Waals surface area contributed by atoms with E-state index in [1.54, 1.807) is 30.3 Å². The Hall–Kier alpha value is -3.48. The molecule has 140 valence electrons.